The topological polar surface area (TPSA) is 37.4 Å². The lowest BCUT2D eigenvalue weighted by Gasteiger charge is -2.27. The lowest BCUT2D eigenvalue weighted by molar-refractivity contribution is 0.346. The molecule has 1 aliphatic rings. The number of halogens is 1. The van der Waals surface area contributed by atoms with Crippen LogP contribution >= 0.6 is 0 Å². The molecule has 1 aliphatic heterocycles. The van der Waals surface area contributed by atoms with E-state index in [-0.39, 0.29) is 10.7 Å². The summed E-state index contributed by atoms with van der Waals surface area (Å²) in [6.45, 7) is 4.43. The fourth-order valence-corrected chi connectivity index (χ4v) is 4.47. The molecule has 1 saturated heterocycles. The van der Waals surface area contributed by atoms with Crippen LogP contribution in [0.25, 0.3) is 0 Å². The first-order valence-electron chi connectivity index (χ1n) is 6.20. The fourth-order valence-electron chi connectivity index (χ4n) is 2.54. The first kappa shape index (κ1) is 13.5. The molecule has 1 aromatic rings. The summed E-state index contributed by atoms with van der Waals surface area (Å²) in [6, 6.07) is 2.56. The van der Waals surface area contributed by atoms with Crippen LogP contribution in [0.15, 0.2) is 17.0 Å². The Morgan fingerprint density at radius 2 is 1.56 bits per heavy atom. The van der Waals surface area contributed by atoms with Crippen molar-refractivity contribution in [3.05, 3.63) is 29.1 Å². The van der Waals surface area contributed by atoms with Gasteiger partial charge in [0.15, 0.2) is 0 Å². The molecule has 0 amide bonds. The van der Waals surface area contributed by atoms with E-state index in [1.54, 1.807) is 13.8 Å². The third kappa shape index (κ3) is 2.42. The first-order valence-corrected chi connectivity index (χ1v) is 7.64. The van der Waals surface area contributed by atoms with Crippen LogP contribution in [0.4, 0.5) is 4.39 Å². The molecular formula is C13H18FNO2S. The number of rotatable bonds is 2. The molecule has 0 aliphatic carbocycles. The second kappa shape index (κ2) is 4.97. The highest BCUT2D eigenvalue weighted by atomic mass is 32.2. The van der Waals surface area contributed by atoms with Gasteiger partial charge in [0.05, 0.1) is 4.90 Å². The number of aryl methyl sites for hydroxylation is 2. The van der Waals surface area contributed by atoms with Crippen molar-refractivity contribution in [2.24, 2.45) is 0 Å². The van der Waals surface area contributed by atoms with Gasteiger partial charge < -0.3 is 0 Å². The normalized spacial score (nSPS) is 17.9. The van der Waals surface area contributed by atoms with Crippen molar-refractivity contribution >= 4 is 10.0 Å². The number of piperidine rings is 1. The van der Waals surface area contributed by atoms with Crippen molar-refractivity contribution in [3.8, 4) is 0 Å². The molecular weight excluding hydrogens is 253 g/mol. The van der Waals surface area contributed by atoms with Gasteiger partial charge in [0.1, 0.15) is 5.82 Å². The Labute approximate surface area is 108 Å². The minimum atomic E-state index is -3.47. The van der Waals surface area contributed by atoms with Crippen molar-refractivity contribution in [2.75, 3.05) is 13.1 Å². The number of hydrogen-bond acceptors (Lipinski definition) is 2. The van der Waals surface area contributed by atoms with Crippen molar-refractivity contribution in [1.82, 2.24) is 4.31 Å². The maximum atomic E-state index is 13.2. The van der Waals surface area contributed by atoms with Gasteiger partial charge in [0, 0.05) is 13.1 Å². The number of hydrogen-bond donors (Lipinski definition) is 0. The van der Waals surface area contributed by atoms with Crippen molar-refractivity contribution in [3.63, 3.8) is 0 Å². The molecule has 0 radical (unpaired) electrons. The maximum Gasteiger partial charge on any atom is 0.243 e. The zero-order chi connectivity index (χ0) is 13.3. The highest BCUT2D eigenvalue weighted by molar-refractivity contribution is 7.89. The van der Waals surface area contributed by atoms with Gasteiger partial charge >= 0.3 is 0 Å². The van der Waals surface area contributed by atoms with Gasteiger partial charge in [0.25, 0.3) is 0 Å². The summed E-state index contributed by atoms with van der Waals surface area (Å²) in [5, 5.41) is 0. The molecule has 18 heavy (non-hydrogen) atoms. The second-order valence-electron chi connectivity index (χ2n) is 4.83. The summed E-state index contributed by atoms with van der Waals surface area (Å²) in [4.78, 5) is 0.269. The van der Waals surface area contributed by atoms with Gasteiger partial charge in [-0.05, 0) is 49.9 Å². The maximum absolute atomic E-state index is 13.2. The molecule has 100 valence electrons. The largest absolute Gasteiger partial charge is 0.243 e. The summed E-state index contributed by atoms with van der Waals surface area (Å²) in [5.41, 5.74) is 0.969. The zero-order valence-electron chi connectivity index (χ0n) is 10.7. The second-order valence-corrected chi connectivity index (χ2v) is 6.71. The lowest BCUT2D eigenvalue weighted by atomic mass is 10.1. The molecule has 0 saturated carbocycles. The van der Waals surface area contributed by atoms with E-state index in [1.165, 1.54) is 16.4 Å². The zero-order valence-corrected chi connectivity index (χ0v) is 11.6. The quantitative estimate of drug-likeness (QED) is 0.829. The van der Waals surface area contributed by atoms with Gasteiger partial charge in [-0.2, -0.15) is 4.31 Å². The predicted molar refractivity (Wildman–Crippen MR) is 68.5 cm³/mol. The summed E-state index contributed by atoms with van der Waals surface area (Å²) in [7, 11) is -3.47. The fraction of sp³-hybridized carbons (Fsp3) is 0.538. The molecule has 1 fully saturated rings. The molecule has 5 heteroatoms. The van der Waals surface area contributed by atoms with E-state index in [0.717, 1.165) is 19.3 Å². The smallest absolute Gasteiger partial charge is 0.207 e. The Balaban J connectivity index is 2.47. The first-order chi connectivity index (χ1) is 8.43. The van der Waals surface area contributed by atoms with Gasteiger partial charge in [-0.3, -0.25) is 0 Å². The van der Waals surface area contributed by atoms with E-state index in [0.29, 0.717) is 24.2 Å². The average molecular weight is 271 g/mol. The monoisotopic (exact) mass is 271 g/mol. The molecule has 0 bridgehead atoms. The van der Waals surface area contributed by atoms with E-state index in [4.69, 9.17) is 0 Å². The number of benzene rings is 1. The summed E-state index contributed by atoms with van der Waals surface area (Å²) >= 11 is 0. The summed E-state index contributed by atoms with van der Waals surface area (Å²) < 4.78 is 39.8. The molecule has 0 unspecified atom stereocenters. The van der Waals surface area contributed by atoms with Crippen LogP contribution in [-0.2, 0) is 10.0 Å². The average Bonchev–Trinajstić information content (AvgIpc) is 2.28. The van der Waals surface area contributed by atoms with E-state index in [9.17, 15) is 12.8 Å². The summed E-state index contributed by atoms with van der Waals surface area (Å²) in [5.74, 6) is -0.386. The van der Waals surface area contributed by atoms with E-state index >= 15 is 0 Å². The van der Waals surface area contributed by atoms with Crippen LogP contribution in [0.1, 0.15) is 30.4 Å². The van der Waals surface area contributed by atoms with E-state index in [1.807, 2.05) is 0 Å². The van der Waals surface area contributed by atoms with Crippen molar-refractivity contribution < 1.29 is 12.8 Å². The van der Waals surface area contributed by atoms with Crippen LogP contribution in [0.5, 0.6) is 0 Å². The predicted octanol–water partition coefficient (Wildman–Crippen LogP) is 2.62. The van der Waals surface area contributed by atoms with Crippen LogP contribution < -0.4 is 0 Å². The highest BCUT2D eigenvalue weighted by Crippen LogP contribution is 2.26. The SMILES string of the molecule is Cc1cc(F)cc(C)c1S(=O)(=O)N1CCCCC1. The molecule has 0 aromatic heterocycles. The molecule has 1 heterocycles. The van der Waals surface area contributed by atoms with Gasteiger partial charge in [-0.25, -0.2) is 12.8 Å². The Hall–Kier alpha value is -0.940. The minimum Gasteiger partial charge on any atom is -0.207 e. The van der Waals surface area contributed by atoms with E-state index in [2.05, 4.69) is 0 Å². The third-order valence-electron chi connectivity index (χ3n) is 3.34. The standard InChI is InChI=1S/C13H18FNO2S/c1-10-8-12(14)9-11(2)13(10)18(16,17)15-6-4-3-5-7-15/h8-9H,3-7H2,1-2H3. The minimum absolute atomic E-state index is 0.269. The Bertz CT molecular complexity index is 525. The highest BCUT2D eigenvalue weighted by Gasteiger charge is 2.28. The third-order valence-corrected chi connectivity index (χ3v) is 5.54. The molecule has 0 spiro atoms. The molecule has 3 nitrogen and oxygen atoms in total. The Morgan fingerprint density at radius 3 is 2.06 bits per heavy atom. The van der Waals surface area contributed by atoms with Gasteiger partial charge in [-0.1, -0.05) is 6.42 Å². The number of nitrogens with zero attached hydrogens (tertiary/aromatic N) is 1. The van der Waals surface area contributed by atoms with Crippen LogP contribution in [0.3, 0.4) is 0 Å². The molecule has 0 N–H and O–H groups in total. The number of sulfonamides is 1. The van der Waals surface area contributed by atoms with Crippen molar-refractivity contribution in [2.45, 2.75) is 38.0 Å². The molecule has 0 atom stereocenters. The van der Waals surface area contributed by atoms with E-state index < -0.39 is 10.0 Å². The molecule has 1 aromatic carbocycles. The van der Waals surface area contributed by atoms with Crippen LogP contribution in [-0.4, -0.2) is 25.8 Å². The Morgan fingerprint density at radius 1 is 1.06 bits per heavy atom. The molecule has 2 rings (SSSR count). The van der Waals surface area contributed by atoms with Crippen molar-refractivity contribution in [1.29, 1.82) is 0 Å². The summed E-state index contributed by atoms with van der Waals surface area (Å²) in [6.07, 6.45) is 2.88. The Kier molecular flexibility index (Phi) is 3.73. The lowest BCUT2D eigenvalue weighted by Crippen LogP contribution is -2.36. The van der Waals surface area contributed by atoms with Crippen LogP contribution in [0.2, 0.25) is 0 Å². The van der Waals surface area contributed by atoms with Gasteiger partial charge in [-0.15, -0.1) is 0 Å². The van der Waals surface area contributed by atoms with Gasteiger partial charge in [0.2, 0.25) is 10.0 Å². The van der Waals surface area contributed by atoms with Crippen LogP contribution in [0, 0.1) is 19.7 Å².